The average molecular weight is 300 g/mol. The lowest BCUT2D eigenvalue weighted by Gasteiger charge is -2.46. The van der Waals surface area contributed by atoms with Crippen LogP contribution >= 0.6 is 0 Å². The second-order valence-corrected chi connectivity index (χ2v) is 6.91. The Labute approximate surface area is 132 Å². The molecule has 0 amide bonds. The first-order chi connectivity index (χ1) is 10.5. The van der Waals surface area contributed by atoms with E-state index < -0.39 is 11.9 Å². The summed E-state index contributed by atoms with van der Waals surface area (Å²) < 4.78 is 11.7. The molecule has 118 valence electrons. The summed E-state index contributed by atoms with van der Waals surface area (Å²) in [6.07, 6.45) is 7.28. The number of aliphatic hydroxyl groups is 1. The van der Waals surface area contributed by atoms with Gasteiger partial charge < -0.3 is 14.6 Å². The van der Waals surface area contributed by atoms with Gasteiger partial charge >= 0.3 is 0 Å². The standard InChI is InChI=1S/C19H24O3/c1-18(2)21-13-19(14-22-18)11-16(10-17(20)12-19)9-8-15-6-4-3-5-7-15/h3-10,17,20H,11-14H2,1-2H3/b9-8+. The predicted molar refractivity (Wildman–Crippen MR) is 87.2 cm³/mol. The van der Waals surface area contributed by atoms with Crippen LogP contribution in [0.15, 0.2) is 48.1 Å². The zero-order chi connectivity index (χ0) is 15.6. The van der Waals surface area contributed by atoms with Crippen molar-refractivity contribution in [2.45, 2.75) is 38.6 Å². The van der Waals surface area contributed by atoms with E-state index in [4.69, 9.17) is 9.47 Å². The summed E-state index contributed by atoms with van der Waals surface area (Å²) in [6, 6.07) is 10.2. The van der Waals surface area contributed by atoms with Crippen molar-refractivity contribution in [2.75, 3.05) is 13.2 Å². The molecular formula is C19H24O3. The van der Waals surface area contributed by atoms with Crippen LogP contribution < -0.4 is 0 Å². The summed E-state index contributed by atoms with van der Waals surface area (Å²) in [7, 11) is 0. The quantitative estimate of drug-likeness (QED) is 0.908. The molecule has 0 saturated carbocycles. The molecule has 1 aliphatic heterocycles. The molecule has 22 heavy (non-hydrogen) atoms. The van der Waals surface area contributed by atoms with Crippen molar-refractivity contribution in [1.82, 2.24) is 0 Å². The Morgan fingerprint density at radius 1 is 1.09 bits per heavy atom. The van der Waals surface area contributed by atoms with Gasteiger partial charge in [0, 0.05) is 5.41 Å². The SMILES string of the molecule is CC1(C)OCC2(CO1)CC(/C=C/c1ccccc1)=CC(O)C2. The topological polar surface area (TPSA) is 38.7 Å². The van der Waals surface area contributed by atoms with E-state index >= 15 is 0 Å². The molecular weight excluding hydrogens is 276 g/mol. The van der Waals surface area contributed by atoms with Gasteiger partial charge in [-0.3, -0.25) is 0 Å². The van der Waals surface area contributed by atoms with E-state index in [9.17, 15) is 5.11 Å². The molecule has 1 heterocycles. The maximum absolute atomic E-state index is 10.2. The van der Waals surface area contributed by atoms with E-state index in [1.54, 1.807) is 0 Å². The lowest BCUT2D eigenvalue weighted by Crippen LogP contribution is -2.49. The lowest BCUT2D eigenvalue weighted by molar-refractivity contribution is -0.289. The molecule has 1 spiro atoms. The number of benzene rings is 1. The fraction of sp³-hybridized carbons (Fsp3) is 0.474. The molecule has 0 aromatic heterocycles. The second kappa shape index (κ2) is 5.99. The molecule has 3 rings (SSSR count). The molecule has 1 aliphatic carbocycles. The van der Waals surface area contributed by atoms with E-state index in [0.29, 0.717) is 19.6 Å². The summed E-state index contributed by atoms with van der Waals surface area (Å²) in [4.78, 5) is 0. The first kappa shape index (κ1) is 15.5. The van der Waals surface area contributed by atoms with Crippen LogP contribution in [0.3, 0.4) is 0 Å². The number of hydrogen-bond donors (Lipinski definition) is 1. The molecule has 1 aromatic carbocycles. The van der Waals surface area contributed by atoms with E-state index in [1.807, 2.05) is 38.1 Å². The van der Waals surface area contributed by atoms with Crippen molar-refractivity contribution in [3.05, 3.63) is 53.6 Å². The predicted octanol–water partition coefficient (Wildman–Crippen LogP) is 3.55. The van der Waals surface area contributed by atoms with E-state index in [-0.39, 0.29) is 5.41 Å². The number of hydrogen-bond acceptors (Lipinski definition) is 3. The summed E-state index contributed by atoms with van der Waals surface area (Å²) in [5, 5.41) is 10.2. The van der Waals surface area contributed by atoms with E-state index in [2.05, 4.69) is 24.3 Å². The van der Waals surface area contributed by atoms with Crippen LogP contribution in [-0.4, -0.2) is 30.2 Å². The third kappa shape index (κ3) is 3.67. The first-order valence-electron chi connectivity index (χ1n) is 7.86. The van der Waals surface area contributed by atoms with Crippen LogP contribution in [0.5, 0.6) is 0 Å². The Morgan fingerprint density at radius 2 is 1.77 bits per heavy atom. The smallest absolute Gasteiger partial charge is 0.162 e. The largest absolute Gasteiger partial charge is 0.389 e. The van der Waals surface area contributed by atoms with Crippen molar-refractivity contribution in [3.63, 3.8) is 0 Å². The maximum Gasteiger partial charge on any atom is 0.162 e. The lowest BCUT2D eigenvalue weighted by atomic mass is 9.73. The Kier molecular flexibility index (Phi) is 4.22. The van der Waals surface area contributed by atoms with Crippen molar-refractivity contribution in [1.29, 1.82) is 0 Å². The van der Waals surface area contributed by atoms with E-state index in [0.717, 1.165) is 17.6 Å². The summed E-state index contributed by atoms with van der Waals surface area (Å²) >= 11 is 0. The van der Waals surface area contributed by atoms with Gasteiger partial charge in [0.1, 0.15) is 0 Å². The van der Waals surface area contributed by atoms with Crippen LogP contribution in [-0.2, 0) is 9.47 Å². The summed E-state index contributed by atoms with van der Waals surface area (Å²) in [5.74, 6) is -0.516. The van der Waals surface area contributed by atoms with Crippen LogP contribution in [0, 0.1) is 5.41 Å². The zero-order valence-electron chi connectivity index (χ0n) is 13.3. The fourth-order valence-electron chi connectivity index (χ4n) is 3.15. The highest BCUT2D eigenvalue weighted by atomic mass is 16.7. The first-order valence-corrected chi connectivity index (χ1v) is 7.86. The van der Waals surface area contributed by atoms with Crippen molar-refractivity contribution < 1.29 is 14.6 Å². The van der Waals surface area contributed by atoms with Crippen molar-refractivity contribution >= 4 is 6.08 Å². The molecule has 1 aromatic rings. The molecule has 3 nitrogen and oxygen atoms in total. The normalized spacial score (nSPS) is 27.0. The van der Waals surface area contributed by atoms with Gasteiger partial charge in [0.15, 0.2) is 5.79 Å². The Balaban J connectivity index is 1.72. The van der Waals surface area contributed by atoms with Crippen LogP contribution in [0.25, 0.3) is 6.08 Å². The Morgan fingerprint density at radius 3 is 2.45 bits per heavy atom. The molecule has 0 bridgehead atoms. The highest BCUT2D eigenvalue weighted by Gasteiger charge is 2.43. The third-order valence-corrected chi connectivity index (χ3v) is 4.37. The minimum absolute atomic E-state index is 0.111. The highest BCUT2D eigenvalue weighted by molar-refractivity contribution is 5.53. The molecule has 1 fully saturated rings. The monoisotopic (exact) mass is 300 g/mol. The van der Waals surface area contributed by atoms with Gasteiger partial charge in [-0.15, -0.1) is 0 Å². The van der Waals surface area contributed by atoms with Crippen LogP contribution in [0.2, 0.25) is 0 Å². The van der Waals surface area contributed by atoms with Crippen LogP contribution in [0.4, 0.5) is 0 Å². The van der Waals surface area contributed by atoms with Crippen molar-refractivity contribution in [2.24, 2.45) is 5.41 Å². The molecule has 0 radical (unpaired) electrons. The fourth-order valence-corrected chi connectivity index (χ4v) is 3.15. The van der Waals surface area contributed by atoms with Gasteiger partial charge in [-0.25, -0.2) is 0 Å². The van der Waals surface area contributed by atoms with Gasteiger partial charge in [-0.1, -0.05) is 48.6 Å². The average Bonchev–Trinajstić information content (AvgIpc) is 2.49. The summed E-state index contributed by atoms with van der Waals surface area (Å²) in [5.41, 5.74) is 2.20. The highest BCUT2D eigenvalue weighted by Crippen LogP contribution is 2.42. The molecule has 1 N–H and O–H groups in total. The Bertz CT molecular complexity index is 562. The van der Waals surface area contributed by atoms with Gasteiger partial charge in [0.25, 0.3) is 0 Å². The van der Waals surface area contributed by atoms with Gasteiger partial charge in [0.2, 0.25) is 0 Å². The van der Waals surface area contributed by atoms with Crippen molar-refractivity contribution in [3.8, 4) is 0 Å². The third-order valence-electron chi connectivity index (χ3n) is 4.37. The zero-order valence-corrected chi connectivity index (χ0v) is 13.3. The summed E-state index contributed by atoms with van der Waals surface area (Å²) in [6.45, 7) is 5.14. The molecule has 1 atom stereocenters. The minimum atomic E-state index is -0.516. The van der Waals surface area contributed by atoms with Gasteiger partial charge in [-0.05, 0) is 37.8 Å². The molecule has 1 unspecified atom stereocenters. The van der Waals surface area contributed by atoms with Gasteiger partial charge in [0.05, 0.1) is 19.3 Å². The number of aliphatic hydroxyl groups excluding tert-OH is 1. The Hall–Kier alpha value is -1.42. The molecule has 3 heteroatoms. The number of ether oxygens (including phenoxy) is 2. The van der Waals surface area contributed by atoms with E-state index in [1.165, 1.54) is 0 Å². The second-order valence-electron chi connectivity index (χ2n) is 6.91. The van der Waals surface area contributed by atoms with Crippen LogP contribution in [0.1, 0.15) is 32.3 Å². The maximum atomic E-state index is 10.2. The van der Waals surface area contributed by atoms with Gasteiger partial charge in [-0.2, -0.15) is 0 Å². The minimum Gasteiger partial charge on any atom is -0.389 e. The molecule has 2 aliphatic rings. The molecule has 1 saturated heterocycles. The number of allylic oxidation sites excluding steroid dienone is 2. The number of rotatable bonds is 2.